The van der Waals surface area contributed by atoms with Crippen LogP contribution in [0.15, 0.2) is 0 Å². The molecule has 0 spiro atoms. The van der Waals surface area contributed by atoms with E-state index < -0.39 is 0 Å². The fraction of sp³-hybridized carbons (Fsp3) is 1.00. The third-order valence-corrected chi connectivity index (χ3v) is 4.31. The molecule has 1 saturated carbocycles. The van der Waals surface area contributed by atoms with E-state index in [1.807, 2.05) is 0 Å². The Kier molecular flexibility index (Phi) is 4.66. The van der Waals surface area contributed by atoms with Gasteiger partial charge >= 0.3 is 0 Å². The summed E-state index contributed by atoms with van der Waals surface area (Å²) >= 11 is 0. The standard InChI is InChI=1S/C14H27NO/c1-11-6-7-14(12(2)9-11)15-10-13-5-3-4-8-16-13/h11-15H,3-10H2,1-2H3. The van der Waals surface area contributed by atoms with Crippen LogP contribution in [-0.2, 0) is 4.74 Å². The number of rotatable bonds is 3. The highest BCUT2D eigenvalue weighted by Crippen LogP contribution is 2.28. The maximum atomic E-state index is 5.76. The monoisotopic (exact) mass is 225 g/mol. The number of hydrogen-bond acceptors (Lipinski definition) is 2. The van der Waals surface area contributed by atoms with Crippen LogP contribution in [0.5, 0.6) is 0 Å². The molecule has 0 aromatic heterocycles. The van der Waals surface area contributed by atoms with Gasteiger partial charge in [0.05, 0.1) is 6.10 Å². The van der Waals surface area contributed by atoms with Crippen molar-refractivity contribution >= 4 is 0 Å². The molecule has 2 rings (SSSR count). The molecular weight excluding hydrogens is 198 g/mol. The van der Waals surface area contributed by atoms with Crippen LogP contribution in [0.1, 0.15) is 52.4 Å². The van der Waals surface area contributed by atoms with Gasteiger partial charge in [-0.2, -0.15) is 0 Å². The molecule has 0 radical (unpaired) electrons. The van der Waals surface area contributed by atoms with E-state index >= 15 is 0 Å². The van der Waals surface area contributed by atoms with Gasteiger partial charge < -0.3 is 10.1 Å². The molecule has 16 heavy (non-hydrogen) atoms. The number of nitrogens with one attached hydrogen (secondary N) is 1. The van der Waals surface area contributed by atoms with Gasteiger partial charge in [-0.3, -0.25) is 0 Å². The third kappa shape index (κ3) is 3.46. The minimum atomic E-state index is 0.486. The van der Waals surface area contributed by atoms with Crippen LogP contribution in [0.2, 0.25) is 0 Å². The Bertz CT molecular complexity index is 201. The van der Waals surface area contributed by atoms with Crippen molar-refractivity contribution in [2.75, 3.05) is 13.2 Å². The zero-order valence-corrected chi connectivity index (χ0v) is 10.9. The van der Waals surface area contributed by atoms with Crippen LogP contribution < -0.4 is 5.32 Å². The van der Waals surface area contributed by atoms with Gasteiger partial charge in [0.15, 0.2) is 0 Å². The molecule has 94 valence electrons. The Balaban J connectivity index is 1.68. The van der Waals surface area contributed by atoms with Gasteiger partial charge in [0.25, 0.3) is 0 Å². The van der Waals surface area contributed by atoms with E-state index in [0.29, 0.717) is 6.10 Å². The van der Waals surface area contributed by atoms with Crippen molar-refractivity contribution in [3.8, 4) is 0 Å². The molecule has 1 heterocycles. The van der Waals surface area contributed by atoms with E-state index in [0.717, 1.165) is 31.0 Å². The Hall–Kier alpha value is -0.0800. The summed E-state index contributed by atoms with van der Waals surface area (Å²) in [6, 6.07) is 0.738. The van der Waals surface area contributed by atoms with Crippen molar-refractivity contribution in [2.24, 2.45) is 11.8 Å². The summed E-state index contributed by atoms with van der Waals surface area (Å²) in [4.78, 5) is 0. The lowest BCUT2D eigenvalue weighted by Gasteiger charge is -2.34. The van der Waals surface area contributed by atoms with Gasteiger partial charge in [-0.05, 0) is 50.4 Å². The summed E-state index contributed by atoms with van der Waals surface area (Å²) in [5, 5.41) is 3.74. The number of ether oxygens (including phenoxy) is 1. The topological polar surface area (TPSA) is 21.3 Å². The Morgan fingerprint density at radius 3 is 2.69 bits per heavy atom. The normalized spacial score (nSPS) is 40.9. The van der Waals surface area contributed by atoms with Crippen molar-refractivity contribution in [1.82, 2.24) is 5.32 Å². The quantitative estimate of drug-likeness (QED) is 0.797. The summed E-state index contributed by atoms with van der Waals surface area (Å²) in [5.41, 5.74) is 0. The minimum absolute atomic E-state index is 0.486. The van der Waals surface area contributed by atoms with Gasteiger partial charge in [0.2, 0.25) is 0 Å². The molecule has 2 fully saturated rings. The molecule has 2 heteroatoms. The summed E-state index contributed by atoms with van der Waals surface area (Å²) < 4.78 is 5.76. The Morgan fingerprint density at radius 1 is 1.12 bits per heavy atom. The molecule has 1 N–H and O–H groups in total. The lowest BCUT2D eigenvalue weighted by atomic mass is 9.80. The molecule has 0 amide bonds. The first-order valence-corrected chi connectivity index (χ1v) is 7.10. The van der Waals surface area contributed by atoms with Crippen LogP contribution in [0.4, 0.5) is 0 Å². The van der Waals surface area contributed by atoms with E-state index in [4.69, 9.17) is 4.74 Å². The first-order valence-electron chi connectivity index (χ1n) is 7.10. The van der Waals surface area contributed by atoms with Crippen LogP contribution in [-0.4, -0.2) is 25.3 Å². The van der Waals surface area contributed by atoms with E-state index in [2.05, 4.69) is 19.2 Å². The molecule has 4 unspecified atom stereocenters. The van der Waals surface area contributed by atoms with Crippen molar-refractivity contribution in [3.63, 3.8) is 0 Å². The highest BCUT2D eigenvalue weighted by molar-refractivity contribution is 4.82. The van der Waals surface area contributed by atoms with Crippen molar-refractivity contribution in [2.45, 2.75) is 64.5 Å². The van der Waals surface area contributed by atoms with Gasteiger partial charge in [0.1, 0.15) is 0 Å². The smallest absolute Gasteiger partial charge is 0.0699 e. The van der Waals surface area contributed by atoms with E-state index in [-0.39, 0.29) is 0 Å². The van der Waals surface area contributed by atoms with E-state index in [1.165, 1.54) is 38.5 Å². The van der Waals surface area contributed by atoms with Crippen LogP contribution >= 0.6 is 0 Å². The van der Waals surface area contributed by atoms with Crippen molar-refractivity contribution in [3.05, 3.63) is 0 Å². The van der Waals surface area contributed by atoms with Crippen LogP contribution in [0, 0.1) is 11.8 Å². The first-order chi connectivity index (χ1) is 7.75. The maximum Gasteiger partial charge on any atom is 0.0699 e. The largest absolute Gasteiger partial charge is 0.377 e. The molecule has 1 aliphatic carbocycles. The van der Waals surface area contributed by atoms with Crippen LogP contribution in [0.25, 0.3) is 0 Å². The predicted molar refractivity (Wildman–Crippen MR) is 67.6 cm³/mol. The molecule has 0 aromatic rings. The minimum Gasteiger partial charge on any atom is -0.377 e. The van der Waals surface area contributed by atoms with Gasteiger partial charge in [-0.25, -0.2) is 0 Å². The second kappa shape index (κ2) is 6.02. The van der Waals surface area contributed by atoms with E-state index in [9.17, 15) is 0 Å². The summed E-state index contributed by atoms with van der Waals surface area (Å²) in [6.45, 7) is 6.83. The highest BCUT2D eigenvalue weighted by atomic mass is 16.5. The van der Waals surface area contributed by atoms with Gasteiger partial charge in [0, 0.05) is 19.2 Å². The molecular formula is C14H27NO. The average molecular weight is 225 g/mol. The van der Waals surface area contributed by atoms with Gasteiger partial charge in [-0.15, -0.1) is 0 Å². The molecule has 2 nitrogen and oxygen atoms in total. The predicted octanol–water partition coefficient (Wildman–Crippen LogP) is 2.97. The second-order valence-corrected chi connectivity index (χ2v) is 5.90. The maximum absolute atomic E-state index is 5.76. The molecule has 1 saturated heterocycles. The van der Waals surface area contributed by atoms with Crippen molar-refractivity contribution in [1.29, 1.82) is 0 Å². The molecule has 1 aliphatic heterocycles. The van der Waals surface area contributed by atoms with Crippen LogP contribution in [0.3, 0.4) is 0 Å². The SMILES string of the molecule is CC1CCC(NCC2CCCCO2)C(C)C1. The molecule has 0 aromatic carbocycles. The molecule has 4 atom stereocenters. The average Bonchev–Trinajstić information content (AvgIpc) is 2.29. The molecule has 0 bridgehead atoms. The third-order valence-electron chi connectivity index (χ3n) is 4.31. The summed E-state index contributed by atoms with van der Waals surface area (Å²) in [7, 11) is 0. The zero-order chi connectivity index (χ0) is 11.4. The highest BCUT2D eigenvalue weighted by Gasteiger charge is 2.25. The Morgan fingerprint density at radius 2 is 2.00 bits per heavy atom. The van der Waals surface area contributed by atoms with E-state index in [1.54, 1.807) is 0 Å². The molecule has 2 aliphatic rings. The van der Waals surface area contributed by atoms with Crippen molar-refractivity contribution < 1.29 is 4.74 Å². The fourth-order valence-electron chi connectivity index (χ4n) is 3.22. The second-order valence-electron chi connectivity index (χ2n) is 5.90. The number of hydrogen-bond donors (Lipinski definition) is 1. The lowest BCUT2D eigenvalue weighted by molar-refractivity contribution is 0.0129. The summed E-state index contributed by atoms with van der Waals surface area (Å²) in [5.74, 6) is 1.77. The zero-order valence-electron chi connectivity index (χ0n) is 10.9. The lowest BCUT2D eigenvalue weighted by Crippen LogP contribution is -2.43. The fourth-order valence-corrected chi connectivity index (χ4v) is 3.22. The summed E-state index contributed by atoms with van der Waals surface area (Å²) in [6.07, 6.45) is 8.49. The first kappa shape index (κ1) is 12.4. The van der Waals surface area contributed by atoms with Gasteiger partial charge in [-0.1, -0.05) is 13.8 Å². The Labute approximate surface area is 100 Å².